The minimum absolute atomic E-state index is 0.831. The van der Waals surface area contributed by atoms with Gasteiger partial charge in [0.1, 0.15) is 0 Å². The smallest absolute Gasteiger partial charge is 0.0797 e. The van der Waals surface area contributed by atoms with Crippen LogP contribution in [0.1, 0.15) is 21.7 Å². The number of nitrogens with two attached hydrogens (primary N) is 1. The van der Waals surface area contributed by atoms with Gasteiger partial charge in [0.05, 0.1) is 11.2 Å². The molecule has 1 aromatic heterocycles. The molecule has 0 aliphatic carbocycles. The van der Waals surface area contributed by atoms with E-state index >= 15 is 0 Å². The molecule has 0 amide bonds. The summed E-state index contributed by atoms with van der Waals surface area (Å²) in [5.74, 6) is 0. The molecule has 0 bridgehead atoms. The maximum Gasteiger partial charge on any atom is 0.0797 e. The van der Waals surface area contributed by atoms with Crippen molar-refractivity contribution >= 4 is 17.0 Å². The second-order valence-corrected chi connectivity index (χ2v) is 4.66. The highest BCUT2D eigenvalue weighted by atomic mass is 32.1. The Morgan fingerprint density at radius 3 is 2.80 bits per heavy atom. The van der Waals surface area contributed by atoms with E-state index in [1.165, 1.54) is 16.0 Å². The van der Waals surface area contributed by atoms with E-state index in [0.717, 1.165) is 17.8 Å². The number of aromatic nitrogens is 1. The summed E-state index contributed by atoms with van der Waals surface area (Å²) in [6, 6.07) is 6.06. The van der Waals surface area contributed by atoms with Crippen molar-refractivity contribution in [3.63, 3.8) is 0 Å². The predicted molar refractivity (Wildman–Crippen MR) is 65.2 cm³/mol. The summed E-state index contributed by atoms with van der Waals surface area (Å²) in [5, 5.41) is 0. The number of benzene rings is 1. The van der Waals surface area contributed by atoms with Crippen molar-refractivity contribution in [3.05, 3.63) is 45.4 Å². The fourth-order valence-electron chi connectivity index (χ4n) is 1.55. The molecule has 3 heteroatoms. The Labute approximate surface area is 93.8 Å². The molecule has 1 heterocycles. The van der Waals surface area contributed by atoms with Gasteiger partial charge >= 0.3 is 0 Å². The van der Waals surface area contributed by atoms with Crippen molar-refractivity contribution in [3.8, 4) is 0 Å². The number of thiazole rings is 1. The molecular formula is C12H14N2S. The van der Waals surface area contributed by atoms with Gasteiger partial charge in [-0.25, -0.2) is 4.98 Å². The molecule has 0 aliphatic rings. The zero-order chi connectivity index (χ0) is 10.8. The van der Waals surface area contributed by atoms with Gasteiger partial charge in [-0.3, -0.25) is 0 Å². The summed E-state index contributed by atoms with van der Waals surface area (Å²) in [7, 11) is 0. The number of hydrogen-bond donors (Lipinski definition) is 1. The lowest BCUT2D eigenvalue weighted by Crippen LogP contribution is -1.94. The molecule has 2 nitrogen and oxygen atoms in total. The van der Waals surface area contributed by atoms with Gasteiger partial charge in [-0.1, -0.05) is 6.07 Å². The highest BCUT2D eigenvalue weighted by Gasteiger charge is 2.05. The molecule has 15 heavy (non-hydrogen) atoms. The van der Waals surface area contributed by atoms with Crippen molar-refractivity contribution in [1.29, 1.82) is 0 Å². The van der Waals surface area contributed by atoms with E-state index in [9.17, 15) is 0 Å². The van der Waals surface area contributed by atoms with Crippen LogP contribution in [0.3, 0.4) is 0 Å². The summed E-state index contributed by atoms with van der Waals surface area (Å²) >= 11 is 1.71. The van der Waals surface area contributed by atoms with Crippen molar-refractivity contribution < 1.29 is 0 Å². The lowest BCUT2D eigenvalue weighted by molar-refractivity contribution is 1.13. The van der Waals surface area contributed by atoms with E-state index in [2.05, 4.69) is 24.0 Å². The highest BCUT2D eigenvalue weighted by Crippen LogP contribution is 2.21. The highest BCUT2D eigenvalue weighted by molar-refractivity contribution is 7.09. The first kappa shape index (κ1) is 10.2. The zero-order valence-electron chi connectivity index (χ0n) is 8.95. The maximum absolute atomic E-state index is 5.78. The SMILES string of the molecule is Cc1ccc(N)cc1Cc1scnc1C. The van der Waals surface area contributed by atoms with Crippen LogP contribution in [0.4, 0.5) is 5.69 Å². The molecule has 78 valence electrons. The van der Waals surface area contributed by atoms with Gasteiger partial charge < -0.3 is 5.73 Å². The van der Waals surface area contributed by atoms with Crippen LogP contribution in [0, 0.1) is 13.8 Å². The third kappa shape index (κ3) is 2.18. The third-order valence-corrected chi connectivity index (χ3v) is 3.50. The maximum atomic E-state index is 5.78. The van der Waals surface area contributed by atoms with Gasteiger partial charge in [-0.2, -0.15) is 0 Å². The summed E-state index contributed by atoms with van der Waals surface area (Å²) in [6.45, 7) is 4.17. The Bertz CT molecular complexity index is 474. The Morgan fingerprint density at radius 2 is 2.13 bits per heavy atom. The number of aryl methyl sites for hydroxylation is 2. The number of nitrogens with zero attached hydrogens (tertiary/aromatic N) is 1. The molecule has 0 saturated carbocycles. The van der Waals surface area contributed by atoms with E-state index in [-0.39, 0.29) is 0 Å². The third-order valence-electron chi connectivity index (χ3n) is 2.57. The van der Waals surface area contributed by atoms with Gasteiger partial charge in [-0.05, 0) is 37.1 Å². The molecule has 2 aromatic rings. The van der Waals surface area contributed by atoms with Gasteiger partial charge in [0.15, 0.2) is 0 Å². The normalized spacial score (nSPS) is 10.5. The van der Waals surface area contributed by atoms with E-state index in [4.69, 9.17) is 5.73 Å². The van der Waals surface area contributed by atoms with Crippen molar-refractivity contribution in [2.75, 3.05) is 5.73 Å². The second kappa shape index (κ2) is 4.03. The van der Waals surface area contributed by atoms with E-state index < -0.39 is 0 Å². The van der Waals surface area contributed by atoms with Crippen LogP contribution in [0.15, 0.2) is 23.7 Å². The minimum atomic E-state index is 0.831. The van der Waals surface area contributed by atoms with Crippen LogP contribution in [-0.4, -0.2) is 4.98 Å². The molecule has 0 saturated heterocycles. The number of nitrogen functional groups attached to an aromatic ring is 1. The molecular weight excluding hydrogens is 204 g/mol. The molecule has 0 aliphatic heterocycles. The number of anilines is 1. The summed E-state index contributed by atoms with van der Waals surface area (Å²) in [6.07, 6.45) is 0.938. The Kier molecular flexibility index (Phi) is 2.73. The summed E-state index contributed by atoms with van der Waals surface area (Å²) in [4.78, 5) is 5.58. The fraction of sp³-hybridized carbons (Fsp3) is 0.250. The first-order valence-corrected chi connectivity index (χ1v) is 5.79. The van der Waals surface area contributed by atoms with Gasteiger partial charge in [0.25, 0.3) is 0 Å². The van der Waals surface area contributed by atoms with Crippen LogP contribution in [0.5, 0.6) is 0 Å². The first-order valence-electron chi connectivity index (χ1n) is 4.91. The van der Waals surface area contributed by atoms with Crippen LogP contribution in [0.2, 0.25) is 0 Å². The van der Waals surface area contributed by atoms with Gasteiger partial charge in [-0.15, -0.1) is 11.3 Å². The lowest BCUT2D eigenvalue weighted by atomic mass is 10.0. The molecule has 0 fully saturated rings. The first-order chi connectivity index (χ1) is 7.16. The Morgan fingerprint density at radius 1 is 1.33 bits per heavy atom. The van der Waals surface area contributed by atoms with Crippen LogP contribution >= 0.6 is 11.3 Å². The van der Waals surface area contributed by atoms with Gasteiger partial charge in [0, 0.05) is 17.0 Å². The fourth-order valence-corrected chi connectivity index (χ4v) is 2.35. The van der Waals surface area contributed by atoms with E-state index in [1.54, 1.807) is 11.3 Å². The van der Waals surface area contributed by atoms with Crippen molar-refractivity contribution in [1.82, 2.24) is 4.98 Å². The minimum Gasteiger partial charge on any atom is -0.399 e. The van der Waals surface area contributed by atoms with E-state index in [1.807, 2.05) is 18.5 Å². The second-order valence-electron chi connectivity index (χ2n) is 3.72. The standard InChI is InChI=1S/C12H14N2S/c1-8-3-4-11(13)5-10(8)6-12-9(2)14-7-15-12/h3-5,7H,6,13H2,1-2H3. The predicted octanol–water partition coefficient (Wildman–Crippen LogP) is 2.93. The average molecular weight is 218 g/mol. The quantitative estimate of drug-likeness (QED) is 0.787. The van der Waals surface area contributed by atoms with E-state index in [0.29, 0.717) is 0 Å². The largest absolute Gasteiger partial charge is 0.399 e. The lowest BCUT2D eigenvalue weighted by Gasteiger charge is -2.05. The molecule has 2 N–H and O–H groups in total. The van der Waals surface area contributed by atoms with Crippen LogP contribution < -0.4 is 5.73 Å². The molecule has 0 radical (unpaired) electrons. The van der Waals surface area contributed by atoms with Gasteiger partial charge in [0.2, 0.25) is 0 Å². The molecule has 0 atom stereocenters. The summed E-state index contributed by atoms with van der Waals surface area (Å²) < 4.78 is 0. The molecule has 1 aromatic carbocycles. The average Bonchev–Trinajstić information content (AvgIpc) is 2.58. The van der Waals surface area contributed by atoms with Crippen molar-refractivity contribution in [2.24, 2.45) is 0 Å². The Balaban J connectivity index is 2.32. The van der Waals surface area contributed by atoms with Crippen molar-refractivity contribution in [2.45, 2.75) is 20.3 Å². The van der Waals surface area contributed by atoms with Crippen LogP contribution in [-0.2, 0) is 6.42 Å². The molecule has 0 spiro atoms. The topological polar surface area (TPSA) is 38.9 Å². The Hall–Kier alpha value is -1.35. The number of rotatable bonds is 2. The molecule has 2 rings (SSSR count). The monoisotopic (exact) mass is 218 g/mol. The van der Waals surface area contributed by atoms with Crippen LogP contribution in [0.25, 0.3) is 0 Å². The zero-order valence-corrected chi connectivity index (χ0v) is 9.77. The number of hydrogen-bond acceptors (Lipinski definition) is 3. The summed E-state index contributed by atoms with van der Waals surface area (Å²) in [5.41, 5.74) is 12.2. The molecule has 0 unspecified atom stereocenters.